The van der Waals surface area contributed by atoms with E-state index in [0.29, 0.717) is 40.6 Å². The number of hydrogen-bond acceptors (Lipinski definition) is 10. The van der Waals surface area contributed by atoms with Gasteiger partial charge in [-0.3, -0.25) is 4.68 Å². The fourth-order valence-corrected chi connectivity index (χ4v) is 3.37. The summed E-state index contributed by atoms with van der Waals surface area (Å²) in [6.07, 6.45) is 5.00. The summed E-state index contributed by atoms with van der Waals surface area (Å²) in [7, 11) is 1.34. The van der Waals surface area contributed by atoms with Gasteiger partial charge in [0.2, 0.25) is 11.8 Å². The van der Waals surface area contributed by atoms with E-state index in [2.05, 4.69) is 32.3 Å². The minimum Gasteiger partial charge on any atom is -0.465 e. The molecule has 3 heterocycles. The number of ether oxygens (including phenoxy) is 2. The molecule has 0 saturated carbocycles. The van der Waals surface area contributed by atoms with Gasteiger partial charge in [-0.1, -0.05) is 19.4 Å². The Labute approximate surface area is 196 Å². The van der Waals surface area contributed by atoms with E-state index in [1.807, 2.05) is 6.07 Å². The highest BCUT2D eigenvalue weighted by molar-refractivity contribution is 5.89. The van der Waals surface area contributed by atoms with Crippen LogP contribution in [0.4, 0.5) is 11.8 Å². The van der Waals surface area contributed by atoms with Crippen LogP contribution in [0.25, 0.3) is 11.0 Å². The van der Waals surface area contributed by atoms with Crippen molar-refractivity contribution in [3.63, 3.8) is 0 Å². The first-order valence-corrected chi connectivity index (χ1v) is 10.8. The molecule has 0 aliphatic rings. The Hall–Kier alpha value is -4.25. The molecule has 4 aromatic rings. The van der Waals surface area contributed by atoms with Crippen molar-refractivity contribution in [3.05, 3.63) is 59.9 Å². The van der Waals surface area contributed by atoms with Crippen molar-refractivity contribution >= 4 is 28.8 Å². The van der Waals surface area contributed by atoms with Crippen molar-refractivity contribution in [1.29, 1.82) is 0 Å². The second-order valence-corrected chi connectivity index (χ2v) is 7.65. The molecule has 0 spiro atoms. The van der Waals surface area contributed by atoms with Gasteiger partial charge in [-0.2, -0.15) is 10.1 Å². The molecule has 4 rings (SSSR count). The third-order valence-corrected chi connectivity index (χ3v) is 4.99. The molecule has 1 aromatic carbocycles. The molecule has 5 N–H and O–H groups in total. The number of nitrogens with one attached hydrogen (secondary N) is 1. The van der Waals surface area contributed by atoms with Crippen LogP contribution in [-0.4, -0.2) is 44.0 Å². The number of methoxy groups -OCH3 is 1. The number of carbonyl (C=O) groups excluding carboxylic acids is 1. The van der Waals surface area contributed by atoms with Gasteiger partial charge < -0.3 is 26.3 Å². The number of pyridine rings is 1. The van der Waals surface area contributed by atoms with Gasteiger partial charge >= 0.3 is 5.97 Å². The first-order valence-electron chi connectivity index (χ1n) is 10.8. The molecular weight excluding hydrogens is 436 g/mol. The number of fused-ring (bicyclic) bond motifs is 1. The van der Waals surface area contributed by atoms with E-state index in [9.17, 15) is 4.79 Å². The number of nitrogen functional groups attached to an aromatic ring is 1. The molecule has 0 saturated heterocycles. The van der Waals surface area contributed by atoms with E-state index >= 15 is 0 Å². The molecule has 176 valence electrons. The Balaban J connectivity index is 1.45. The zero-order valence-corrected chi connectivity index (χ0v) is 18.9. The molecule has 1 atom stereocenters. The number of benzene rings is 1. The molecule has 0 bridgehead atoms. The van der Waals surface area contributed by atoms with Gasteiger partial charge in [0.05, 0.1) is 31.6 Å². The van der Waals surface area contributed by atoms with Crippen molar-refractivity contribution in [1.82, 2.24) is 24.7 Å². The van der Waals surface area contributed by atoms with E-state index in [1.54, 1.807) is 47.4 Å². The Morgan fingerprint density at radius 3 is 2.65 bits per heavy atom. The molecule has 11 heteroatoms. The smallest absolute Gasteiger partial charge is 0.337 e. The van der Waals surface area contributed by atoms with Crippen LogP contribution < -0.4 is 21.5 Å². The summed E-state index contributed by atoms with van der Waals surface area (Å²) in [5, 5.41) is 7.77. The lowest BCUT2D eigenvalue weighted by molar-refractivity contribution is 0.0600. The number of esters is 1. The summed E-state index contributed by atoms with van der Waals surface area (Å²) in [6.45, 7) is 2.53. The molecule has 0 radical (unpaired) electrons. The highest BCUT2D eigenvalue weighted by Gasteiger charge is 2.14. The summed E-state index contributed by atoms with van der Waals surface area (Å²) < 4.78 is 12.2. The molecule has 1 unspecified atom stereocenters. The molecule has 0 aliphatic heterocycles. The van der Waals surface area contributed by atoms with Gasteiger partial charge in [0.1, 0.15) is 11.3 Å². The summed E-state index contributed by atoms with van der Waals surface area (Å²) in [6, 6.07) is 10.3. The van der Waals surface area contributed by atoms with Crippen molar-refractivity contribution in [3.8, 4) is 11.6 Å². The topological polar surface area (TPSA) is 156 Å². The maximum atomic E-state index is 11.5. The normalized spacial score (nSPS) is 11.9. The molecule has 0 amide bonds. The van der Waals surface area contributed by atoms with Crippen LogP contribution in [0.3, 0.4) is 0 Å². The lowest BCUT2D eigenvalue weighted by atomic mass is 10.2. The summed E-state index contributed by atoms with van der Waals surface area (Å²) in [5.41, 5.74) is 14.5. The Morgan fingerprint density at radius 2 is 1.97 bits per heavy atom. The Bertz CT molecular complexity index is 1270. The zero-order chi connectivity index (χ0) is 24.1. The third kappa shape index (κ3) is 5.38. The average Bonchev–Trinajstić information content (AvgIpc) is 3.23. The highest BCUT2D eigenvalue weighted by atomic mass is 16.5. The van der Waals surface area contributed by atoms with E-state index in [1.165, 1.54) is 7.11 Å². The van der Waals surface area contributed by atoms with Crippen LogP contribution >= 0.6 is 0 Å². The lowest BCUT2D eigenvalue weighted by Gasteiger charge is -2.13. The van der Waals surface area contributed by atoms with Crippen molar-refractivity contribution in [2.24, 2.45) is 5.73 Å². The van der Waals surface area contributed by atoms with Crippen LogP contribution in [0.5, 0.6) is 11.6 Å². The van der Waals surface area contributed by atoms with Crippen LogP contribution in [-0.2, 0) is 11.3 Å². The molecule has 0 aliphatic carbocycles. The molecule has 0 fully saturated rings. The minimum absolute atomic E-state index is 0.154. The van der Waals surface area contributed by atoms with Crippen LogP contribution in [0.1, 0.15) is 35.7 Å². The highest BCUT2D eigenvalue weighted by Crippen LogP contribution is 2.22. The predicted molar refractivity (Wildman–Crippen MR) is 127 cm³/mol. The maximum Gasteiger partial charge on any atom is 0.337 e. The van der Waals surface area contributed by atoms with Gasteiger partial charge in [0.15, 0.2) is 11.3 Å². The van der Waals surface area contributed by atoms with E-state index in [-0.39, 0.29) is 12.1 Å². The van der Waals surface area contributed by atoms with E-state index < -0.39 is 5.97 Å². The van der Waals surface area contributed by atoms with Gasteiger partial charge in [0.25, 0.3) is 0 Å². The van der Waals surface area contributed by atoms with E-state index in [0.717, 1.165) is 18.4 Å². The SMILES string of the molecule is CCCC(N)Nc1nc(N)nc2cn(Cc3ccc(Oc4ccc(C(=O)OC)cc4)nc3)nc12. The summed E-state index contributed by atoms with van der Waals surface area (Å²) in [5.74, 6) is 1.25. The van der Waals surface area contributed by atoms with Crippen molar-refractivity contribution in [2.45, 2.75) is 32.5 Å². The third-order valence-electron chi connectivity index (χ3n) is 4.99. The van der Waals surface area contributed by atoms with Gasteiger partial charge in [0, 0.05) is 12.3 Å². The van der Waals surface area contributed by atoms with Crippen LogP contribution in [0, 0.1) is 0 Å². The molecular formula is C23H26N8O3. The number of aromatic nitrogens is 5. The Kier molecular flexibility index (Phi) is 6.83. The van der Waals surface area contributed by atoms with Crippen molar-refractivity contribution < 1.29 is 14.3 Å². The zero-order valence-electron chi connectivity index (χ0n) is 18.9. The first-order chi connectivity index (χ1) is 16.4. The second-order valence-electron chi connectivity index (χ2n) is 7.65. The quantitative estimate of drug-likeness (QED) is 0.249. The van der Waals surface area contributed by atoms with Gasteiger partial charge in [-0.05, 0) is 36.2 Å². The molecule has 11 nitrogen and oxygen atoms in total. The number of nitrogens with two attached hydrogens (primary N) is 2. The fourth-order valence-electron chi connectivity index (χ4n) is 3.37. The molecule has 34 heavy (non-hydrogen) atoms. The maximum absolute atomic E-state index is 11.5. The van der Waals surface area contributed by atoms with Gasteiger partial charge in [-0.25, -0.2) is 14.8 Å². The van der Waals surface area contributed by atoms with Crippen LogP contribution in [0.2, 0.25) is 0 Å². The monoisotopic (exact) mass is 462 g/mol. The molecule has 3 aromatic heterocycles. The number of rotatable bonds is 9. The largest absolute Gasteiger partial charge is 0.465 e. The van der Waals surface area contributed by atoms with Gasteiger partial charge in [-0.15, -0.1) is 0 Å². The summed E-state index contributed by atoms with van der Waals surface area (Å²) in [4.78, 5) is 24.4. The second kappa shape index (κ2) is 10.1. The number of nitrogens with zero attached hydrogens (tertiary/aromatic N) is 5. The Morgan fingerprint density at radius 1 is 1.18 bits per heavy atom. The van der Waals surface area contributed by atoms with E-state index in [4.69, 9.17) is 20.9 Å². The number of anilines is 2. The summed E-state index contributed by atoms with van der Waals surface area (Å²) >= 11 is 0. The predicted octanol–water partition coefficient (Wildman–Crippen LogP) is 2.93. The fraction of sp³-hybridized carbons (Fsp3) is 0.261. The van der Waals surface area contributed by atoms with Crippen molar-refractivity contribution in [2.75, 3.05) is 18.2 Å². The first kappa shape index (κ1) is 22.9. The lowest BCUT2D eigenvalue weighted by Crippen LogP contribution is -2.29. The van der Waals surface area contributed by atoms with Crippen LogP contribution in [0.15, 0.2) is 48.8 Å². The minimum atomic E-state index is -0.402. The number of hydrogen-bond donors (Lipinski definition) is 3. The number of carbonyl (C=O) groups is 1. The average molecular weight is 463 g/mol. The standard InChI is InChI=1S/C23H26N8O3/c1-3-4-18(24)28-21-20-17(27-23(25)29-21)13-31(30-20)12-14-5-10-19(26-11-14)34-16-8-6-15(7-9-16)22(32)33-2/h5-11,13,18H,3-4,12,24H2,1-2H3,(H3,25,27,28,29).